The minimum atomic E-state index is -0.935. The van der Waals surface area contributed by atoms with Gasteiger partial charge in [0.2, 0.25) is 0 Å². The molecule has 0 aliphatic carbocycles. The van der Waals surface area contributed by atoms with Gasteiger partial charge in [-0.1, -0.05) is 6.07 Å². The maximum absolute atomic E-state index is 12.0. The van der Waals surface area contributed by atoms with Gasteiger partial charge in [0.1, 0.15) is 23.1 Å². The number of esters is 1. The molecule has 7 nitrogen and oxygen atoms in total. The highest BCUT2D eigenvalue weighted by Crippen LogP contribution is 2.29. The molecule has 1 amide bonds. The van der Waals surface area contributed by atoms with Gasteiger partial charge in [0.05, 0.1) is 21.3 Å². The predicted octanol–water partition coefficient (Wildman–Crippen LogP) is 2.31. The van der Waals surface area contributed by atoms with Crippen LogP contribution in [0.4, 0.5) is 4.79 Å². The topological polar surface area (TPSA) is 83.1 Å². The molecule has 0 spiro atoms. The van der Waals surface area contributed by atoms with Crippen molar-refractivity contribution in [1.29, 1.82) is 0 Å². The first-order chi connectivity index (χ1) is 11.2. The Morgan fingerprint density at radius 1 is 1.08 bits per heavy atom. The number of ether oxygens (including phenoxy) is 4. The smallest absolute Gasteiger partial charge is 0.408 e. The van der Waals surface area contributed by atoms with Crippen molar-refractivity contribution >= 4 is 12.1 Å². The number of carbonyl (C=O) groups is 2. The Kier molecular flexibility index (Phi) is 6.88. The Bertz CT molecular complexity index is 557. The van der Waals surface area contributed by atoms with E-state index in [1.54, 1.807) is 39.0 Å². The summed E-state index contributed by atoms with van der Waals surface area (Å²) in [6.45, 7) is 5.22. The van der Waals surface area contributed by atoms with Crippen molar-refractivity contribution in [2.45, 2.75) is 38.8 Å². The van der Waals surface area contributed by atoms with E-state index in [1.165, 1.54) is 21.3 Å². The number of nitrogens with one attached hydrogen (secondary N) is 1. The second-order valence-corrected chi connectivity index (χ2v) is 6.07. The highest BCUT2D eigenvalue weighted by Gasteiger charge is 2.27. The number of benzene rings is 1. The van der Waals surface area contributed by atoms with Crippen molar-refractivity contribution in [3.05, 3.63) is 23.8 Å². The molecular weight excluding hydrogens is 314 g/mol. The summed E-state index contributed by atoms with van der Waals surface area (Å²) in [7, 11) is 4.30. The lowest BCUT2D eigenvalue weighted by Crippen LogP contribution is -2.45. The SMILES string of the molecule is COC(=O)C(Cc1c(OC)cccc1OC)NC(=O)OC(C)(C)C. The number of rotatable bonds is 6. The molecule has 1 unspecified atom stereocenters. The van der Waals surface area contributed by atoms with Crippen molar-refractivity contribution in [1.82, 2.24) is 5.32 Å². The van der Waals surface area contributed by atoms with Crippen molar-refractivity contribution in [3.63, 3.8) is 0 Å². The lowest BCUT2D eigenvalue weighted by atomic mass is 10.0. The fourth-order valence-corrected chi connectivity index (χ4v) is 2.12. The number of carbonyl (C=O) groups excluding carboxylic acids is 2. The molecule has 134 valence electrons. The molecule has 0 bridgehead atoms. The number of amides is 1. The first kappa shape index (κ1) is 19.6. The van der Waals surface area contributed by atoms with Gasteiger partial charge in [0.25, 0.3) is 0 Å². The van der Waals surface area contributed by atoms with E-state index in [0.29, 0.717) is 17.1 Å². The molecule has 0 heterocycles. The lowest BCUT2D eigenvalue weighted by molar-refractivity contribution is -0.143. The Morgan fingerprint density at radius 2 is 1.62 bits per heavy atom. The largest absolute Gasteiger partial charge is 0.496 e. The normalized spacial score (nSPS) is 12.1. The second kappa shape index (κ2) is 8.42. The maximum Gasteiger partial charge on any atom is 0.408 e. The van der Waals surface area contributed by atoms with Gasteiger partial charge in [0, 0.05) is 12.0 Å². The van der Waals surface area contributed by atoms with Gasteiger partial charge in [0.15, 0.2) is 0 Å². The Morgan fingerprint density at radius 3 is 2.04 bits per heavy atom. The molecule has 1 aromatic carbocycles. The van der Waals surface area contributed by atoms with Gasteiger partial charge in [-0.25, -0.2) is 9.59 Å². The van der Waals surface area contributed by atoms with Crippen molar-refractivity contribution in [3.8, 4) is 11.5 Å². The third-order valence-corrected chi connectivity index (χ3v) is 3.11. The minimum absolute atomic E-state index is 0.138. The molecule has 0 aromatic heterocycles. The van der Waals surface area contributed by atoms with Crippen LogP contribution < -0.4 is 14.8 Å². The molecule has 0 radical (unpaired) electrons. The maximum atomic E-state index is 12.0. The van der Waals surface area contributed by atoms with E-state index >= 15 is 0 Å². The van der Waals surface area contributed by atoms with Crippen LogP contribution in [-0.2, 0) is 20.7 Å². The lowest BCUT2D eigenvalue weighted by Gasteiger charge is -2.23. The van der Waals surface area contributed by atoms with Crippen LogP contribution in [0.25, 0.3) is 0 Å². The zero-order valence-electron chi connectivity index (χ0n) is 15.0. The van der Waals surface area contributed by atoms with Crippen molar-refractivity contribution in [2.24, 2.45) is 0 Å². The van der Waals surface area contributed by atoms with E-state index < -0.39 is 23.7 Å². The third kappa shape index (κ3) is 5.64. The standard InChI is InChI=1S/C17H25NO6/c1-17(2,3)24-16(20)18-12(15(19)23-6)10-11-13(21-4)8-7-9-14(11)22-5/h7-9,12H,10H2,1-6H3,(H,18,20). The summed E-state index contributed by atoms with van der Waals surface area (Å²) >= 11 is 0. The Balaban J connectivity index is 3.03. The van der Waals surface area contributed by atoms with Crippen molar-refractivity contribution in [2.75, 3.05) is 21.3 Å². The number of hydrogen-bond donors (Lipinski definition) is 1. The van der Waals surface area contributed by atoms with Crippen LogP contribution in [0.5, 0.6) is 11.5 Å². The summed E-state index contributed by atoms with van der Waals surface area (Å²) in [5.41, 5.74) is -0.0265. The van der Waals surface area contributed by atoms with Gasteiger partial charge in [-0.3, -0.25) is 0 Å². The van der Waals surface area contributed by atoms with E-state index in [1.807, 2.05) is 0 Å². The number of hydrogen-bond acceptors (Lipinski definition) is 6. The fourth-order valence-electron chi connectivity index (χ4n) is 2.12. The summed E-state index contributed by atoms with van der Waals surface area (Å²) < 4.78 is 20.6. The van der Waals surface area contributed by atoms with Gasteiger partial charge >= 0.3 is 12.1 Å². The quantitative estimate of drug-likeness (QED) is 0.801. The molecule has 0 aliphatic rings. The van der Waals surface area contributed by atoms with E-state index in [-0.39, 0.29) is 6.42 Å². The van der Waals surface area contributed by atoms with Gasteiger partial charge in [-0.05, 0) is 32.9 Å². The zero-order chi connectivity index (χ0) is 18.3. The van der Waals surface area contributed by atoms with E-state index in [9.17, 15) is 9.59 Å². The van der Waals surface area contributed by atoms with Crippen molar-refractivity contribution < 1.29 is 28.5 Å². The number of alkyl carbamates (subject to hydrolysis) is 1. The Hall–Kier alpha value is -2.44. The van der Waals surface area contributed by atoms with Crippen LogP contribution in [0.2, 0.25) is 0 Å². The summed E-state index contributed by atoms with van der Waals surface area (Å²) in [4.78, 5) is 24.0. The van der Waals surface area contributed by atoms with Crippen LogP contribution in [0.15, 0.2) is 18.2 Å². The number of methoxy groups -OCH3 is 3. The second-order valence-electron chi connectivity index (χ2n) is 6.07. The predicted molar refractivity (Wildman–Crippen MR) is 88.4 cm³/mol. The van der Waals surface area contributed by atoms with E-state index in [0.717, 1.165) is 0 Å². The average Bonchev–Trinajstić information content (AvgIpc) is 2.51. The molecule has 0 aliphatic heterocycles. The molecule has 1 N–H and O–H groups in total. The molecule has 1 rings (SSSR count). The molecule has 1 atom stereocenters. The van der Waals surface area contributed by atoms with Crippen LogP contribution in [-0.4, -0.2) is 45.0 Å². The van der Waals surface area contributed by atoms with Gasteiger partial charge in [-0.15, -0.1) is 0 Å². The molecule has 0 saturated heterocycles. The van der Waals surface area contributed by atoms with E-state index in [2.05, 4.69) is 5.32 Å². The van der Waals surface area contributed by atoms with Crippen LogP contribution in [0.3, 0.4) is 0 Å². The molecule has 1 aromatic rings. The zero-order valence-corrected chi connectivity index (χ0v) is 15.0. The van der Waals surface area contributed by atoms with Gasteiger partial charge < -0.3 is 24.3 Å². The summed E-state index contributed by atoms with van der Waals surface area (Å²) in [5, 5.41) is 2.53. The highest BCUT2D eigenvalue weighted by molar-refractivity contribution is 5.82. The molecule has 0 saturated carbocycles. The molecule has 0 fully saturated rings. The molecular formula is C17H25NO6. The van der Waals surface area contributed by atoms with E-state index in [4.69, 9.17) is 18.9 Å². The highest BCUT2D eigenvalue weighted by atomic mass is 16.6. The first-order valence-electron chi connectivity index (χ1n) is 7.49. The summed E-state index contributed by atoms with van der Waals surface area (Å²) in [6.07, 6.45) is -0.564. The van der Waals surface area contributed by atoms with Crippen LogP contribution >= 0.6 is 0 Å². The first-order valence-corrected chi connectivity index (χ1v) is 7.49. The van der Waals surface area contributed by atoms with Crippen LogP contribution in [0.1, 0.15) is 26.3 Å². The van der Waals surface area contributed by atoms with Gasteiger partial charge in [-0.2, -0.15) is 0 Å². The minimum Gasteiger partial charge on any atom is -0.496 e. The fraction of sp³-hybridized carbons (Fsp3) is 0.529. The Labute approximate surface area is 142 Å². The van der Waals surface area contributed by atoms with Crippen LogP contribution in [0, 0.1) is 0 Å². The monoisotopic (exact) mass is 339 g/mol. The summed E-state index contributed by atoms with van der Waals surface area (Å²) in [5.74, 6) is 0.511. The molecule has 24 heavy (non-hydrogen) atoms. The third-order valence-electron chi connectivity index (χ3n) is 3.11. The summed E-state index contributed by atoms with van der Waals surface area (Å²) in [6, 6.07) is 4.34. The average molecular weight is 339 g/mol. The molecule has 7 heteroatoms.